The molecule has 0 amide bonds. The number of aryl methyl sites for hydroxylation is 1. The van der Waals surface area contributed by atoms with Crippen molar-refractivity contribution < 1.29 is 9.47 Å². The fraction of sp³-hybridized carbons (Fsp3) is 0.500. The minimum atomic E-state index is 0.227. The highest BCUT2D eigenvalue weighted by Crippen LogP contribution is 2.30. The van der Waals surface area contributed by atoms with E-state index in [0.29, 0.717) is 19.0 Å². The molecule has 1 aromatic heterocycles. The number of nitrogens with zero attached hydrogens (tertiary/aromatic N) is 4. The van der Waals surface area contributed by atoms with Gasteiger partial charge in [0.1, 0.15) is 29.8 Å². The summed E-state index contributed by atoms with van der Waals surface area (Å²) >= 11 is 0. The van der Waals surface area contributed by atoms with Gasteiger partial charge in [-0.25, -0.2) is 9.97 Å². The van der Waals surface area contributed by atoms with Gasteiger partial charge in [0.2, 0.25) is 0 Å². The Balaban J connectivity index is 1.53. The Kier molecular flexibility index (Phi) is 6.44. The number of morpholine rings is 1. The van der Waals surface area contributed by atoms with Crippen LogP contribution < -0.4 is 15.0 Å². The van der Waals surface area contributed by atoms with Gasteiger partial charge in [-0.15, -0.1) is 0 Å². The van der Waals surface area contributed by atoms with Crippen molar-refractivity contribution in [2.45, 2.75) is 25.9 Å². The third-order valence-electron chi connectivity index (χ3n) is 5.71. The lowest BCUT2D eigenvalue weighted by Gasteiger charge is -2.30. The van der Waals surface area contributed by atoms with Crippen LogP contribution in [0.3, 0.4) is 0 Å². The van der Waals surface area contributed by atoms with E-state index in [0.717, 1.165) is 67.4 Å². The van der Waals surface area contributed by atoms with E-state index in [4.69, 9.17) is 14.9 Å². The minimum absolute atomic E-state index is 0.227. The molecule has 2 fully saturated rings. The molecule has 2 aliphatic heterocycles. The highest BCUT2D eigenvalue weighted by Gasteiger charge is 2.20. The number of aromatic nitrogens is 2. The first-order valence-corrected chi connectivity index (χ1v) is 10.5. The molecule has 2 aromatic rings. The standard InChI is InChI=1S/C22H30N6O2/c1-16-11-17(14-23)19(12-20(16)30-18-3-5-27(2)6-4-18)26-21-13-22(25-15-24-21)28-7-9-29-10-8-28/h11-15,18,23H,3-10H2,1-2H3,(H,24,25,26). The molecule has 0 saturated carbocycles. The SMILES string of the molecule is Cc1cc(C=N)c(Nc2cc(N3CCOCC3)ncn2)cc1OC1CCN(C)CC1. The third-order valence-corrected chi connectivity index (χ3v) is 5.71. The molecule has 3 heterocycles. The van der Waals surface area contributed by atoms with Crippen LogP contribution in [0.4, 0.5) is 17.3 Å². The average molecular weight is 411 g/mol. The Bertz CT molecular complexity index is 876. The quantitative estimate of drug-likeness (QED) is 0.708. The molecule has 30 heavy (non-hydrogen) atoms. The topological polar surface area (TPSA) is 86.6 Å². The third kappa shape index (κ3) is 4.88. The molecule has 4 rings (SSSR count). The monoisotopic (exact) mass is 410 g/mol. The molecule has 0 radical (unpaired) electrons. The van der Waals surface area contributed by atoms with Crippen molar-refractivity contribution in [2.75, 3.05) is 56.7 Å². The van der Waals surface area contributed by atoms with E-state index in [-0.39, 0.29) is 6.10 Å². The molecule has 0 bridgehead atoms. The first-order chi connectivity index (χ1) is 14.6. The number of rotatable bonds is 6. The predicted octanol–water partition coefficient (Wildman–Crippen LogP) is 2.84. The number of piperidine rings is 1. The van der Waals surface area contributed by atoms with Crippen LogP contribution in [0.15, 0.2) is 24.5 Å². The van der Waals surface area contributed by atoms with Gasteiger partial charge in [-0.05, 0) is 38.4 Å². The molecular weight excluding hydrogens is 380 g/mol. The molecule has 2 saturated heterocycles. The number of ether oxygens (including phenoxy) is 2. The predicted molar refractivity (Wildman–Crippen MR) is 119 cm³/mol. The second kappa shape index (κ2) is 9.40. The maximum absolute atomic E-state index is 7.83. The Morgan fingerprint density at radius 1 is 1.13 bits per heavy atom. The van der Waals surface area contributed by atoms with Gasteiger partial charge in [0.05, 0.1) is 18.9 Å². The number of hydrogen-bond donors (Lipinski definition) is 2. The van der Waals surface area contributed by atoms with E-state index in [2.05, 4.69) is 32.1 Å². The van der Waals surface area contributed by atoms with E-state index >= 15 is 0 Å². The van der Waals surface area contributed by atoms with E-state index in [1.165, 1.54) is 6.21 Å². The van der Waals surface area contributed by atoms with Crippen LogP contribution in [0, 0.1) is 12.3 Å². The smallest absolute Gasteiger partial charge is 0.135 e. The van der Waals surface area contributed by atoms with Crippen molar-refractivity contribution >= 4 is 23.5 Å². The second-order valence-corrected chi connectivity index (χ2v) is 7.96. The van der Waals surface area contributed by atoms with Crippen molar-refractivity contribution in [1.82, 2.24) is 14.9 Å². The molecular formula is C22H30N6O2. The van der Waals surface area contributed by atoms with Crippen molar-refractivity contribution in [3.05, 3.63) is 35.7 Å². The normalized spacial score (nSPS) is 18.3. The fourth-order valence-corrected chi connectivity index (χ4v) is 3.87. The lowest BCUT2D eigenvalue weighted by Crippen LogP contribution is -2.36. The fourth-order valence-electron chi connectivity index (χ4n) is 3.87. The minimum Gasteiger partial charge on any atom is -0.490 e. The summed E-state index contributed by atoms with van der Waals surface area (Å²) in [6, 6.07) is 5.92. The second-order valence-electron chi connectivity index (χ2n) is 7.96. The van der Waals surface area contributed by atoms with Gasteiger partial charge in [0.15, 0.2) is 0 Å². The van der Waals surface area contributed by atoms with Gasteiger partial charge in [-0.1, -0.05) is 0 Å². The molecule has 1 aromatic carbocycles. The molecule has 2 aliphatic rings. The van der Waals surface area contributed by atoms with Crippen LogP contribution in [-0.4, -0.2) is 73.6 Å². The van der Waals surface area contributed by atoms with Gasteiger partial charge in [-0.3, -0.25) is 0 Å². The molecule has 0 aliphatic carbocycles. The number of hydrogen-bond acceptors (Lipinski definition) is 8. The summed E-state index contributed by atoms with van der Waals surface area (Å²) in [6.07, 6.45) is 5.21. The molecule has 2 N–H and O–H groups in total. The van der Waals surface area contributed by atoms with Crippen molar-refractivity contribution in [3.8, 4) is 5.75 Å². The van der Waals surface area contributed by atoms with E-state index < -0.39 is 0 Å². The zero-order chi connectivity index (χ0) is 20.9. The number of anilines is 3. The van der Waals surface area contributed by atoms with Crippen LogP contribution in [0.2, 0.25) is 0 Å². The first kappa shape index (κ1) is 20.6. The van der Waals surface area contributed by atoms with Crippen LogP contribution in [0.5, 0.6) is 5.75 Å². The van der Waals surface area contributed by atoms with Gasteiger partial charge in [0.25, 0.3) is 0 Å². The van der Waals surface area contributed by atoms with Gasteiger partial charge in [0, 0.05) is 50.1 Å². The maximum atomic E-state index is 7.83. The zero-order valence-electron chi connectivity index (χ0n) is 17.7. The summed E-state index contributed by atoms with van der Waals surface area (Å²) in [4.78, 5) is 13.3. The van der Waals surface area contributed by atoms with E-state index in [1.807, 2.05) is 25.1 Å². The van der Waals surface area contributed by atoms with E-state index in [9.17, 15) is 0 Å². The van der Waals surface area contributed by atoms with Crippen molar-refractivity contribution in [3.63, 3.8) is 0 Å². The Morgan fingerprint density at radius 3 is 2.63 bits per heavy atom. The van der Waals surface area contributed by atoms with Crippen LogP contribution in [-0.2, 0) is 4.74 Å². The van der Waals surface area contributed by atoms with Crippen molar-refractivity contribution in [2.24, 2.45) is 0 Å². The highest BCUT2D eigenvalue weighted by molar-refractivity contribution is 5.88. The van der Waals surface area contributed by atoms with Gasteiger partial charge in [-0.2, -0.15) is 0 Å². The molecule has 0 unspecified atom stereocenters. The zero-order valence-corrected chi connectivity index (χ0v) is 17.7. The molecule has 8 heteroatoms. The summed E-state index contributed by atoms with van der Waals surface area (Å²) in [5.41, 5.74) is 2.65. The van der Waals surface area contributed by atoms with Crippen LogP contribution >= 0.6 is 0 Å². The summed E-state index contributed by atoms with van der Waals surface area (Å²) in [6.45, 7) is 7.20. The Labute approximate surface area is 177 Å². The number of benzene rings is 1. The number of nitrogens with one attached hydrogen (secondary N) is 2. The highest BCUT2D eigenvalue weighted by atomic mass is 16.5. The average Bonchev–Trinajstić information content (AvgIpc) is 2.78. The molecule has 160 valence electrons. The van der Waals surface area contributed by atoms with Gasteiger partial charge < -0.3 is 30.0 Å². The van der Waals surface area contributed by atoms with E-state index in [1.54, 1.807) is 6.33 Å². The molecule has 0 atom stereocenters. The van der Waals surface area contributed by atoms with Crippen LogP contribution in [0.1, 0.15) is 24.0 Å². The number of likely N-dealkylation sites (tertiary alicyclic amines) is 1. The van der Waals surface area contributed by atoms with Crippen molar-refractivity contribution in [1.29, 1.82) is 5.41 Å². The summed E-state index contributed by atoms with van der Waals surface area (Å²) in [5.74, 6) is 2.44. The largest absolute Gasteiger partial charge is 0.490 e. The van der Waals surface area contributed by atoms with Crippen LogP contribution in [0.25, 0.3) is 0 Å². The summed E-state index contributed by atoms with van der Waals surface area (Å²) in [7, 11) is 2.15. The molecule has 8 nitrogen and oxygen atoms in total. The summed E-state index contributed by atoms with van der Waals surface area (Å²) < 4.78 is 11.8. The maximum Gasteiger partial charge on any atom is 0.135 e. The Hall–Kier alpha value is -2.71. The lowest BCUT2D eigenvalue weighted by atomic mass is 10.1. The Morgan fingerprint density at radius 2 is 1.90 bits per heavy atom. The molecule has 0 spiro atoms. The lowest BCUT2D eigenvalue weighted by molar-refractivity contribution is 0.113. The summed E-state index contributed by atoms with van der Waals surface area (Å²) in [5, 5.41) is 11.2. The first-order valence-electron chi connectivity index (χ1n) is 10.5. The van der Waals surface area contributed by atoms with Gasteiger partial charge >= 0.3 is 0 Å².